The topological polar surface area (TPSA) is 58.4 Å². The van der Waals surface area contributed by atoms with E-state index >= 15 is 0 Å². The van der Waals surface area contributed by atoms with Crippen LogP contribution in [0.3, 0.4) is 0 Å². The Labute approximate surface area is 150 Å². The van der Waals surface area contributed by atoms with E-state index in [1.807, 2.05) is 0 Å². The number of carbonyl (C=O) groups excluding carboxylic acids is 1. The number of carbonyl (C=O) groups is 1. The number of nitrogens with one attached hydrogen (secondary N) is 1. The van der Waals surface area contributed by atoms with E-state index in [0.717, 1.165) is 32.4 Å². The Morgan fingerprint density at radius 2 is 1.62 bits per heavy atom. The lowest BCUT2D eigenvalue weighted by Crippen LogP contribution is -2.41. The highest BCUT2D eigenvalue weighted by molar-refractivity contribution is 5.82. The van der Waals surface area contributed by atoms with Crippen molar-refractivity contribution in [2.75, 3.05) is 32.7 Å². The highest BCUT2D eigenvalue weighted by atomic mass is 16.2. The van der Waals surface area contributed by atoms with E-state index in [1.165, 1.54) is 38.8 Å². The van der Waals surface area contributed by atoms with Crippen molar-refractivity contribution in [2.24, 2.45) is 17.1 Å². The number of rotatable bonds is 15. The Morgan fingerprint density at radius 1 is 1.08 bits per heavy atom. The van der Waals surface area contributed by atoms with Gasteiger partial charge >= 0.3 is 0 Å². The van der Waals surface area contributed by atoms with Crippen LogP contribution in [-0.4, -0.2) is 43.5 Å². The Balaban J connectivity index is 4.23. The lowest BCUT2D eigenvalue weighted by Gasteiger charge is -2.30. The van der Waals surface area contributed by atoms with Gasteiger partial charge in [-0.1, -0.05) is 47.5 Å². The van der Waals surface area contributed by atoms with Gasteiger partial charge in [0, 0.05) is 12.0 Å². The van der Waals surface area contributed by atoms with E-state index in [4.69, 9.17) is 5.73 Å². The average Bonchev–Trinajstić information content (AvgIpc) is 2.59. The fraction of sp³-hybridized carbons (Fsp3) is 0.950. The van der Waals surface area contributed by atoms with Crippen LogP contribution in [0.5, 0.6) is 0 Å². The van der Waals surface area contributed by atoms with Crippen LogP contribution in [0.15, 0.2) is 0 Å². The number of hydrogen-bond donors (Lipinski definition) is 2. The Kier molecular flexibility index (Phi) is 13.3. The van der Waals surface area contributed by atoms with Gasteiger partial charge < -0.3 is 16.0 Å². The number of unbranched alkanes of at least 4 members (excludes halogenated alkanes) is 2. The van der Waals surface area contributed by atoms with Crippen molar-refractivity contribution in [1.82, 2.24) is 10.2 Å². The maximum atomic E-state index is 12.6. The molecule has 2 atom stereocenters. The molecule has 0 aromatic carbocycles. The number of amides is 1. The molecule has 0 bridgehead atoms. The fourth-order valence-corrected chi connectivity index (χ4v) is 3.07. The van der Waals surface area contributed by atoms with E-state index in [9.17, 15) is 4.79 Å². The minimum atomic E-state index is -0.289. The second kappa shape index (κ2) is 13.7. The van der Waals surface area contributed by atoms with Crippen molar-refractivity contribution < 1.29 is 4.79 Å². The normalized spacial score (nSPS) is 15.3. The molecule has 0 aliphatic heterocycles. The first-order valence-electron chi connectivity index (χ1n) is 10.1. The average molecular weight is 342 g/mol. The Hall–Kier alpha value is -0.610. The molecular weight excluding hydrogens is 298 g/mol. The molecule has 0 aromatic heterocycles. The summed E-state index contributed by atoms with van der Waals surface area (Å²) in [4.78, 5) is 15.1. The predicted octanol–water partition coefficient (Wildman–Crippen LogP) is 3.80. The summed E-state index contributed by atoms with van der Waals surface area (Å²) in [6.45, 7) is 15.7. The zero-order valence-corrected chi connectivity index (χ0v) is 17.0. The van der Waals surface area contributed by atoms with Gasteiger partial charge in [0.2, 0.25) is 5.91 Å². The van der Waals surface area contributed by atoms with Crippen molar-refractivity contribution in [2.45, 2.75) is 79.6 Å². The summed E-state index contributed by atoms with van der Waals surface area (Å²) >= 11 is 0. The van der Waals surface area contributed by atoms with Crippen molar-refractivity contribution in [3.8, 4) is 0 Å². The second-order valence-corrected chi connectivity index (χ2v) is 7.62. The smallest absolute Gasteiger partial charge is 0.225 e. The van der Waals surface area contributed by atoms with Gasteiger partial charge in [-0.25, -0.2) is 0 Å². The zero-order valence-electron chi connectivity index (χ0n) is 17.0. The third-order valence-corrected chi connectivity index (χ3v) is 5.12. The molecule has 24 heavy (non-hydrogen) atoms. The quantitative estimate of drug-likeness (QED) is 0.445. The number of nitrogens with zero attached hydrogens (tertiary/aromatic N) is 1. The predicted molar refractivity (Wildman–Crippen MR) is 105 cm³/mol. The first kappa shape index (κ1) is 23.4. The largest absolute Gasteiger partial charge is 0.356 e. The summed E-state index contributed by atoms with van der Waals surface area (Å²) in [7, 11) is 0. The summed E-state index contributed by atoms with van der Waals surface area (Å²) in [5.41, 5.74) is 5.44. The van der Waals surface area contributed by atoms with Crippen LogP contribution >= 0.6 is 0 Å². The minimum Gasteiger partial charge on any atom is -0.356 e. The summed E-state index contributed by atoms with van der Waals surface area (Å²) in [6.07, 6.45) is 7.78. The third kappa shape index (κ3) is 9.63. The molecule has 1 amide bonds. The van der Waals surface area contributed by atoms with E-state index in [0.29, 0.717) is 12.5 Å². The van der Waals surface area contributed by atoms with Crippen molar-refractivity contribution in [3.63, 3.8) is 0 Å². The van der Waals surface area contributed by atoms with Crippen LogP contribution in [-0.2, 0) is 4.79 Å². The van der Waals surface area contributed by atoms with E-state index < -0.39 is 0 Å². The van der Waals surface area contributed by atoms with E-state index in [-0.39, 0.29) is 11.3 Å². The van der Waals surface area contributed by atoms with Gasteiger partial charge in [-0.3, -0.25) is 4.79 Å². The van der Waals surface area contributed by atoms with Gasteiger partial charge in [-0.15, -0.1) is 0 Å². The fourth-order valence-electron chi connectivity index (χ4n) is 3.07. The molecule has 0 aliphatic carbocycles. The molecule has 0 spiro atoms. The van der Waals surface area contributed by atoms with Crippen LogP contribution < -0.4 is 11.1 Å². The number of nitrogens with two attached hydrogens (primary N) is 1. The molecular formula is C20H43N3O. The third-order valence-electron chi connectivity index (χ3n) is 5.12. The molecule has 0 fully saturated rings. The van der Waals surface area contributed by atoms with Gasteiger partial charge in [-0.2, -0.15) is 0 Å². The molecule has 2 unspecified atom stereocenters. The second-order valence-electron chi connectivity index (χ2n) is 7.62. The molecule has 0 heterocycles. The summed E-state index contributed by atoms with van der Waals surface area (Å²) in [5.74, 6) is 0.582. The van der Waals surface area contributed by atoms with Gasteiger partial charge in [0.1, 0.15) is 0 Å². The summed E-state index contributed by atoms with van der Waals surface area (Å²) in [6, 6.07) is 0. The zero-order chi connectivity index (χ0) is 18.4. The highest BCUT2D eigenvalue weighted by Gasteiger charge is 2.32. The Morgan fingerprint density at radius 3 is 2.08 bits per heavy atom. The van der Waals surface area contributed by atoms with Crippen LogP contribution in [0.4, 0.5) is 0 Å². The molecule has 0 rings (SSSR count). The van der Waals surface area contributed by atoms with Crippen molar-refractivity contribution in [3.05, 3.63) is 0 Å². The van der Waals surface area contributed by atoms with Crippen LogP contribution in [0.2, 0.25) is 0 Å². The van der Waals surface area contributed by atoms with E-state index in [1.54, 1.807) is 0 Å². The number of hydrogen-bond acceptors (Lipinski definition) is 3. The molecule has 144 valence electrons. The first-order valence-corrected chi connectivity index (χ1v) is 10.1. The maximum absolute atomic E-state index is 12.6. The van der Waals surface area contributed by atoms with E-state index in [2.05, 4.69) is 44.8 Å². The lowest BCUT2D eigenvalue weighted by molar-refractivity contribution is -0.131. The Bertz CT molecular complexity index is 314. The molecule has 4 nitrogen and oxygen atoms in total. The monoisotopic (exact) mass is 341 g/mol. The van der Waals surface area contributed by atoms with Crippen LogP contribution in [0.1, 0.15) is 79.6 Å². The molecule has 4 heteroatoms. The molecule has 0 aromatic rings. The minimum absolute atomic E-state index is 0.193. The molecule has 0 radical (unpaired) electrons. The lowest BCUT2D eigenvalue weighted by atomic mass is 9.78. The SMILES string of the molecule is CCCCN(CCCC)CCCNC(=O)C(C)(CC)CC(C)CN. The maximum Gasteiger partial charge on any atom is 0.225 e. The van der Waals surface area contributed by atoms with Gasteiger partial charge in [0.05, 0.1) is 0 Å². The molecule has 0 saturated carbocycles. The molecule has 0 saturated heterocycles. The highest BCUT2D eigenvalue weighted by Crippen LogP contribution is 2.29. The molecule has 3 N–H and O–H groups in total. The van der Waals surface area contributed by atoms with Crippen LogP contribution in [0.25, 0.3) is 0 Å². The standard InChI is InChI=1S/C20H43N3O/c1-6-9-13-23(14-10-7-2)15-11-12-22-19(24)20(5,8-3)16-18(4)17-21/h18H,6-17,21H2,1-5H3,(H,22,24). The van der Waals surface area contributed by atoms with Gasteiger partial charge in [-0.05, 0) is 64.2 Å². The summed E-state index contributed by atoms with van der Waals surface area (Å²) < 4.78 is 0. The first-order chi connectivity index (χ1) is 11.4. The summed E-state index contributed by atoms with van der Waals surface area (Å²) in [5, 5.41) is 3.16. The van der Waals surface area contributed by atoms with Crippen molar-refractivity contribution >= 4 is 5.91 Å². The van der Waals surface area contributed by atoms with Gasteiger partial charge in [0.15, 0.2) is 0 Å². The van der Waals surface area contributed by atoms with Crippen LogP contribution in [0, 0.1) is 11.3 Å². The van der Waals surface area contributed by atoms with Crippen molar-refractivity contribution in [1.29, 1.82) is 0 Å². The van der Waals surface area contributed by atoms with Gasteiger partial charge in [0.25, 0.3) is 0 Å². The molecule has 0 aliphatic rings.